The van der Waals surface area contributed by atoms with Crippen molar-refractivity contribution in [2.75, 3.05) is 19.6 Å². The fraction of sp³-hybridized carbons (Fsp3) is 0.421. The lowest BCUT2D eigenvalue weighted by molar-refractivity contribution is 0.0948. The molecule has 4 rings (SSSR count). The summed E-state index contributed by atoms with van der Waals surface area (Å²) < 4.78 is 15.1. The van der Waals surface area contributed by atoms with Crippen molar-refractivity contribution in [1.82, 2.24) is 30.6 Å². The van der Waals surface area contributed by atoms with Gasteiger partial charge in [0, 0.05) is 23.6 Å². The molecule has 0 atom stereocenters. The molecule has 1 saturated heterocycles. The third kappa shape index (κ3) is 4.02. The molecule has 1 aliphatic heterocycles. The lowest BCUT2D eigenvalue weighted by Crippen LogP contribution is -2.30. The summed E-state index contributed by atoms with van der Waals surface area (Å²) in [6.45, 7) is 4.29. The van der Waals surface area contributed by atoms with Crippen molar-refractivity contribution < 1.29 is 9.18 Å². The number of carbonyl (C=O) groups excluding carboxylic acids is 1. The molecule has 0 spiro atoms. The summed E-state index contributed by atoms with van der Waals surface area (Å²) in [6, 6.07) is 4.97. The Balaban J connectivity index is 0.00000225. The van der Waals surface area contributed by atoms with Crippen LogP contribution in [0.2, 0.25) is 0 Å². The van der Waals surface area contributed by atoms with Gasteiger partial charge in [0.1, 0.15) is 5.82 Å². The maximum atomic E-state index is 13.3. The summed E-state index contributed by atoms with van der Waals surface area (Å²) in [4.78, 5) is 15.6. The first-order chi connectivity index (χ1) is 13.1. The molecule has 3 aromatic rings. The van der Waals surface area contributed by atoms with Crippen molar-refractivity contribution in [3.63, 3.8) is 0 Å². The third-order valence-corrected chi connectivity index (χ3v) is 5.21. The number of hydrogen-bond acceptors (Lipinski definition) is 4. The Kier molecular flexibility index (Phi) is 6.31. The van der Waals surface area contributed by atoms with Gasteiger partial charge in [0.05, 0.1) is 11.7 Å². The average Bonchev–Trinajstić information content (AvgIpc) is 3.25. The number of hydrogen-bond donors (Lipinski definition) is 3. The first-order valence-electron chi connectivity index (χ1n) is 9.29. The van der Waals surface area contributed by atoms with Crippen molar-refractivity contribution >= 4 is 29.2 Å². The van der Waals surface area contributed by atoms with Crippen molar-refractivity contribution in [2.24, 2.45) is 0 Å². The molecular formula is C19H24ClFN6O. The van der Waals surface area contributed by atoms with Crippen LogP contribution < -0.4 is 10.6 Å². The van der Waals surface area contributed by atoms with Gasteiger partial charge in [-0.25, -0.2) is 9.07 Å². The molecule has 0 unspecified atom stereocenters. The summed E-state index contributed by atoms with van der Waals surface area (Å²) in [7, 11) is 0. The van der Waals surface area contributed by atoms with E-state index in [1.54, 1.807) is 6.07 Å². The van der Waals surface area contributed by atoms with Gasteiger partial charge in [0.15, 0.2) is 5.69 Å². The normalized spacial score (nSPS) is 14.8. The SMILES string of the molecule is Cc1c(C(=O)NCCc2c[nH]c3cc(F)ccc23)nnn1C1CCNCC1.Cl. The highest BCUT2D eigenvalue weighted by Gasteiger charge is 2.22. The first-order valence-corrected chi connectivity index (χ1v) is 9.29. The van der Waals surface area contributed by atoms with Crippen LogP contribution in [-0.2, 0) is 6.42 Å². The number of halogens is 2. The number of aromatic amines is 1. The van der Waals surface area contributed by atoms with E-state index in [-0.39, 0.29) is 24.1 Å². The molecule has 0 saturated carbocycles. The molecule has 2 aromatic heterocycles. The van der Waals surface area contributed by atoms with Gasteiger partial charge in [-0.1, -0.05) is 5.21 Å². The first kappa shape index (κ1) is 20.3. The molecule has 3 N–H and O–H groups in total. The third-order valence-electron chi connectivity index (χ3n) is 5.21. The monoisotopic (exact) mass is 406 g/mol. The standard InChI is InChI=1S/C19H23FN6O.ClH/c1-12-18(24-25-26(12)15-5-7-21-8-6-15)19(27)22-9-4-13-11-23-17-10-14(20)2-3-16(13)17;/h2-3,10-11,15,21,23H,4-9H2,1H3,(H,22,27);1H. The highest BCUT2D eigenvalue weighted by molar-refractivity contribution is 5.93. The molecule has 0 radical (unpaired) electrons. The van der Waals surface area contributed by atoms with Crippen LogP contribution in [0.4, 0.5) is 4.39 Å². The van der Waals surface area contributed by atoms with E-state index in [4.69, 9.17) is 0 Å². The number of H-pyrrole nitrogens is 1. The van der Waals surface area contributed by atoms with Crippen molar-refractivity contribution in [3.05, 3.63) is 47.2 Å². The summed E-state index contributed by atoms with van der Waals surface area (Å²) in [5.74, 6) is -0.477. The lowest BCUT2D eigenvalue weighted by Gasteiger charge is -2.23. The second kappa shape index (κ2) is 8.70. The van der Waals surface area contributed by atoms with Gasteiger partial charge in [0.25, 0.3) is 5.91 Å². The summed E-state index contributed by atoms with van der Waals surface area (Å²) >= 11 is 0. The zero-order valence-corrected chi connectivity index (χ0v) is 16.5. The van der Waals surface area contributed by atoms with Gasteiger partial charge in [-0.15, -0.1) is 17.5 Å². The number of benzene rings is 1. The predicted molar refractivity (Wildman–Crippen MR) is 107 cm³/mol. The number of carbonyl (C=O) groups is 1. The maximum absolute atomic E-state index is 13.3. The molecule has 0 bridgehead atoms. The van der Waals surface area contributed by atoms with E-state index in [0.29, 0.717) is 24.7 Å². The molecule has 3 heterocycles. The Hall–Kier alpha value is -2.45. The zero-order valence-electron chi connectivity index (χ0n) is 15.7. The highest BCUT2D eigenvalue weighted by atomic mass is 35.5. The fourth-order valence-corrected chi connectivity index (χ4v) is 3.71. The molecular weight excluding hydrogens is 383 g/mol. The smallest absolute Gasteiger partial charge is 0.273 e. The quantitative estimate of drug-likeness (QED) is 0.607. The van der Waals surface area contributed by atoms with E-state index in [2.05, 4.69) is 25.9 Å². The minimum atomic E-state index is -0.267. The molecule has 28 heavy (non-hydrogen) atoms. The maximum Gasteiger partial charge on any atom is 0.273 e. The van der Waals surface area contributed by atoms with Gasteiger partial charge >= 0.3 is 0 Å². The van der Waals surface area contributed by atoms with Crippen molar-refractivity contribution in [2.45, 2.75) is 32.2 Å². The number of nitrogens with zero attached hydrogens (tertiary/aromatic N) is 3. The summed E-state index contributed by atoms with van der Waals surface area (Å²) in [5.41, 5.74) is 2.99. The van der Waals surface area contributed by atoms with Gasteiger partial charge < -0.3 is 15.6 Å². The summed E-state index contributed by atoms with van der Waals surface area (Å²) in [5, 5.41) is 15.5. The van der Waals surface area contributed by atoms with Crippen molar-refractivity contribution in [1.29, 1.82) is 0 Å². The van der Waals surface area contributed by atoms with Gasteiger partial charge in [-0.2, -0.15) is 0 Å². The number of nitrogens with one attached hydrogen (secondary N) is 3. The minimum Gasteiger partial charge on any atom is -0.361 e. The number of piperidine rings is 1. The van der Waals surface area contributed by atoms with Crippen LogP contribution >= 0.6 is 12.4 Å². The second-order valence-corrected chi connectivity index (χ2v) is 6.96. The number of fused-ring (bicyclic) bond motifs is 1. The Morgan fingerprint density at radius 1 is 1.36 bits per heavy atom. The topological polar surface area (TPSA) is 87.6 Å². The van der Waals surface area contributed by atoms with Crippen LogP contribution in [0.25, 0.3) is 10.9 Å². The van der Waals surface area contributed by atoms with Crippen LogP contribution in [0.15, 0.2) is 24.4 Å². The van der Waals surface area contributed by atoms with Crippen LogP contribution in [0.3, 0.4) is 0 Å². The number of rotatable bonds is 5. The molecule has 1 fully saturated rings. The average molecular weight is 407 g/mol. The van der Waals surface area contributed by atoms with Gasteiger partial charge in [0.2, 0.25) is 0 Å². The van der Waals surface area contributed by atoms with Gasteiger partial charge in [-0.3, -0.25) is 4.79 Å². The molecule has 1 aliphatic rings. The Morgan fingerprint density at radius 3 is 2.93 bits per heavy atom. The number of amides is 1. The van der Waals surface area contributed by atoms with Gasteiger partial charge in [-0.05, 0) is 63.0 Å². The Labute approximate surface area is 168 Å². The van der Waals surface area contributed by atoms with E-state index in [0.717, 1.165) is 48.1 Å². The molecule has 1 amide bonds. The molecule has 150 valence electrons. The van der Waals surface area contributed by atoms with E-state index in [9.17, 15) is 9.18 Å². The minimum absolute atomic E-state index is 0. The second-order valence-electron chi connectivity index (χ2n) is 6.96. The molecule has 1 aromatic carbocycles. The predicted octanol–water partition coefficient (Wildman–Crippen LogP) is 2.53. The fourth-order valence-electron chi connectivity index (χ4n) is 3.71. The molecule has 9 heteroatoms. The largest absolute Gasteiger partial charge is 0.361 e. The zero-order chi connectivity index (χ0) is 18.8. The number of aromatic nitrogens is 4. The highest BCUT2D eigenvalue weighted by Crippen LogP contribution is 2.21. The van der Waals surface area contributed by atoms with E-state index in [1.165, 1.54) is 12.1 Å². The lowest BCUT2D eigenvalue weighted by atomic mass is 10.1. The van der Waals surface area contributed by atoms with Crippen LogP contribution in [-0.4, -0.2) is 45.5 Å². The van der Waals surface area contributed by atoms with Crippen LogP contribution in [0, 0.1) is 12.7 Å². The van der Waals surface area contributed by atoms with E-state index >= 15 is 0 Å². The summed E-state index contributed by atoms with van der Waals surface area (Å²) in [6.07, 6.45) is 4.49. The molecule has 0 aliphatic carbocycles. The molecule has 7 nitrogen and oxygen atoms in total. The van der Waals surface area contributed by atoms with E-state index < -0.39 is 0 Å². The van der Waals surface area contributed by atoms with Crippen molar-refractivity contribution in [3.8, 4) is 0 Å². The Bertz CT molecular complexity index is 963. The van der Waals surface area contributed by atoms with E-state index in [1.807, 2.05) is 17.8 Å². The Morgan fingerprint density at radius 2 is 2.14 bits per heavy atom. The van der Waals surface area contributed by atoms with Crippen LogP contribution in [0.1, 0.15) is 40.6 Å². The van der Waals surface area contributed by atoms with Crippen LogP contribution in [0.5, 0.6) is 0 Å².